The highest BCUT2D eigenvalue weighted by molar-refractivity contribution is 7.16. The molecule has 3 aromatic rings. The number of carbonyl (C=O) groups is 2. The van der Waals surface area contributed by atoms with E-state index in [0.717, 1.165) is 47.1 Å². The van der Waals surface area contributed by atoms with E-state index in [0.29, 0.717) is 10.6 Å². The number of nitrogens with zero attached hydrogens (tertiary/aromatic N) is 3. The number of esters is 1. The summed E-state index contributed by atoms with van der Waals surface area (Å²) in [6.07, 6.45) is -0.0495. The fourth-order valence-corrected chi connectivity index (χ4v) is 5.14. The number of carbonyl (C=O) groups excluding carboxylic acids is 2. The third-order valence-corrected chi connectivity index (χ3v) is 6.55. The summed E-state index contributed by atoms with van der Waals surface area (Å²) >= 11 is 1.34. The molecule has 1 amide bonds. The number of fused-ring (bicyclic) bond motifs is 2. The lowest BCUT2D eigenvalue weighted by Gasteiger charge is -2.11. The summed E-state index contributed by atoms with van der Waals surface area (Å²) in [5, 5.41) is 12.5. The van der Waals surface area contributed by atoms with Gasteiger partial charge in [0.25, 0.3) is 5.91 Å². The van der Waals surface area contributed by atoms with Crippen molar-refractivity contribution >= 4 is 39.2 Å². The van der Waals surface area contributed by atoms with Gasteiger partial charge in [-0.3, -0.25) is 9.59 Å². The number of benzene rings is 1. The molecule has 0 radical (unpaired) electrons. The molecule has 33 heavy (non-hydrogen) atoms. The van der Waals surface area contributed by atoms with E-state index in [1.165, 1.54) is 29.5 Å². The normalized spacial score (nSPS) is 13.8. The van der Waals surface area contributed by atoms with Gasteiger partial charge in [0.2, 0.25) is 5.82 Å². The Morgan fingerprint density at radius 1 is 1.21 bits per heavy atom. The molecule has 0 saturated heterocycles. The van der Waals surface area contributed by atoms with E-state index in [4.69, 9.17) is 4.74 Å². The molecule has 0 spiro atoms. The molecule has 0 aliphatic heterocycles. The maximum absolute atomic E-state index is 13.4. The molecule has 1 N–H and O–H groups in total. The van der Waals surface area contributed by atoms with Crippen molar-refractivity contribution in [2.45, 2.75) is 44.8 Å². The number of rotatable bonds is 5. The standard InChI is InChI=1S/C22H19F3N4O3S/c23-22(24,25)21-27-15-7-4-5-8-16(15)29(21)11-19(31)32-12-18(30)28-20-14(10-26)13-6-2-1-3-9-17(13)33-20/h4-5,7-8H,1-3,6,9,11-12H2,(H,28,30). The molecule has 0 unspecified atom stereocenters. The average molecular weight is 476 g/mol. The van der Waals surface area contributed by atoms with E-state index in [2.05, 4.69) is 16.4 Å². The molecule has 1 aliphatic rings. The summed E-state index contributed by atoms with van der Waals surface area (Å²) in [5.41, 5.74) is 1.61. The topological polar surface area (TPSA) is 97.0 Å². The zero-order valence-electron chi connectivity index (χ0n) is 17.4. The molecular formula is C22H19F3N4O3S. The fourth-order valence-electron chi connectivity index (χ4n) is 3.88. The maximum Gasteiger partial charge on any atom is 0.449 e. The SMILES string of the molecule is N#Cc1c(NC(=O)COC(=O)Cn2c(C(F)(F)F)nc3ccccc32)sc2c1CCCCC2. The second-order valence-corrected chi connectivity index (χ2v) is 8.70. The summed E-state index contributed by atoms with van der Waals surface area (Å²) in [4.78, 5) is 29.2. The number of imidazole rings is 1. The van der Waals surface area contributed by atoms with Crippen molar-refractivity contribution in [3.63, 3.8) is 0 Å². The predicted octanol–water partition coefficient (Wildman–Crippen LogP) is 4.44. The summed E-state index contributed by atoms with van der Waals surface area (Å²) in [6, 6.07) is 8.05. The number of para-hydroxylation sites is 2. The van der Waals surface area contributed by atoms with Crippen molar-refractivity contribution in [3.8, 4) is 6.07 Å². The number of hydrogen-bond acceptors (Lipinski definition) is 6. The first-order chi connectivity index (χ1) is 15.8. The van der Waals surface area contributed by atoms with Crippen molar-refractivity contribution in [2.24, 2.45) is 0 Å². The average Bonchev–Trinajstić information content (AvgIpc) is 3.21. The second kappa shape index (κ2) is 9.23. The third kappa shape index (κ3) is 4.85. The van der Waals surface area contributed by atoms with Gasteiger partial charge in [-0.05, 0) is 43.4 Å². The Hall–Kier alpha value is -3.39. The lowest BCUT2D eigenvalue weighted by atomic mass is 10.1. The monoisotopic (exact) mass is 476 g/mol. The van der Waals surface area contributed by atoms with Crippen molar-refractivity contribution in [1.82, 2.24) is 9.55 Å². The molecule has 0 fully saturated rings. The highest BCUT2D eigenvalue weighted by Gasteiger charge is 2.38. The predicted molar refractivity (Wildman–Crippen MR) is 115 cm³/mol. The van der Waals surface area contributed by atoms with Crippen LogP contribution in [0.4, 0.5) is 18.2 Å². The van der Waals surface area contributed by atoms with E-state index in [9.17, 15) is 28.0 Å². The van der Waals surface area contributed by atoms with Gasteiger partial charge in [-0.2, -0.15) is 18.4 Å². The Morgan fingerprint density at radius 3 is 2.73 bits per heavy atom. The van der Waals surface area contributed by atoms with Crippen LogP contribution in [-0.4, -0.2) is 28.0 Å². The van der Waals surface area contributed by atoms with Crippen LogP contribution in [0.25, 0.3) is 11.0 Å². The zero-order valence-corrected chi connectivity index (χ0v) is 18.2. The van der Waals surface area contributed by atoms with Gasteiger partial charge in [0.05, 0.1) is 16.6 Å². The molecule has 0 bridgehead atoms. The number of anilines is 1. The maximum atomic E-state index is 13.4. The molecule has 1 aromatic carbocycles. The number of aryl methyl sites for hydroxylation is 1. The van der Waals surface area contributed by atoms with Crippen molar-refractivity contribution in [1.29, 1.82) is 5.26 Å². The Morgan fingerprint density at radius 2 is 1.97 bits per heavy atom. The summed E-state index contributed by atoms with van der Waals surface area (Å²) in [7, 11) is 0. The lowest BCUT2D eigenvalue weighted by molar-refractivity contribution is -0.152. The van der Waals surface area contributed by atoms with Crippen molar-refractivity contribution in [2.75, 3.05) is 11.9 Å². The van der Waals surface area contributed by atoms with Crippen LogP contribution in [-0.2, 0) is 39.9 Å². The molecule has 0 saturated carbocycles. The highest BCUT2D eigenvalue weighted by atomic mass is 32.1. The number of hydrogen-bond donors (Lipinski definition) is 1. The van der Waals surface area contributed by atoms with Crippen LogP contribution in [0.1, 0.15) is 41.1 Å². The quantitative estimate of drug-likeness (QED) is 0.434. The minimum atomic E-state index is -4.76. The van der Waals surface area contributed by atoms with Gasteiger partial charge in [0, 0.05) is 4.88 Å². The first-order valence-corrected chi connectivity index (χ1v) is 11.1. The number of thiophene rings is 1. The van der Waals surface area contributed by atoms with Crippen LogP contribution >= 0.6 is 11.3 Å². The number of ether oxygens (including phenoxy) is 1. The van der Waals surface area contributed by atoms with E-state index < -0.39 is 37.0 Å². The van der Waals surface area contributed by atoms with Crippen molar-refractivity contribution in [3.05, 3.63) is 46.1 Å². The first kappa shape index (κ1) is 22.8. The molecule has 0 atom stereocenters. The van der Waals surface area contributed by atoms with Gasteiger partial charge in [0.1, 0.15) is 17.6 Å². The number of aromatic nitrogens is 2. The van der Waals surface area contributed by atoms with E-state index in [1.54, 1.807) is 6.07 Å². The summed E-state index contributed by atoms with van der Waals surface area (Å²) < 4.78 is 45.7. The molecule has 2 aromatic heterocycles. The van der Waals surface area contributed by atoms with Crippen molar-refractivity contribution < 1.29 is 27.5 Å². The highest BCUT2D eigenvalue weighted by Crippen LogP contribution is 2.37. The minimum Gasteiger partial charge on any atom is -0.454 e. The van der Waals surface area contributed by atoms with Gasteiger partial charge in [-0.15, -0.1) is 11.3 Å². The van der Waals surface area contributed by atoms with Crippen LogP contribution in [0.2, 0.25) is 0 Å². The van der Waals surface area contributed by atoms with Crippen LogP contribution in [0.15, 0.2) is 24.3 Å². The number of nitrogens with one attached hydrogen (secondary N) is 1. The molecule has 7 nitrogen and oxygen atoms in total. The Balaban J connectivity index is 1.42. The van der Waals surface area contributed by atoms with Gasteiger partial charge in [0.15, 0.2) is 6.61 Å². The first-order valence-electron chi connectivity index (χ1n) is 10.3. The molecule has 1 aliphatic carbocycles. The molecular weight excluding hydrogens is 457 g/mol. The third-order valence-electron chi connectivity index (χ3n) is 5.35. The number of alkyl halides is 3. The van der Waals surface area contributed by atoms with Crippen LogP contribution in [0, 0.1) is 11.3 Å². The Kier molecular flexibility index (Phi) is 6.37. The number of halogens is 3. The Labute approximate surface area is 190 Å². The summed E-state index contributed by atoms with van der Waals surface area (Å²) in [6.45, 7) is -1.43. The van der Waals surface area contributed by atoms with Crippen LogP contribution in [0.5, 0.6) is 0 Å². The van der Waals surface area contributed by atoms with E-state index >= 15 is 0 Å². The molecule has 172 valence electrons. The Bertz CT molecular complexity index is 1260. The summed E-state index contributed by atoms with van der Waals surface area (Å²) in [5.74, 6) is -2.90. The largest absolute Gasteiger partial charge is 0.454 e. The molecule has 11 heteroatoms. The zero-order chi connectivity index (χ0) is 23.6. The smallest absolute Gasteiger partial charge is 0.449 e. The van der Waals surface area contributed by atoms with Crippen LogP contribution in [0.3, 0.4) is 0 Å². The molecule has 4 rings (SSSR count). The second-order valence-electron chi connectivity index (χ2n) is 7.60. The van der Waals surface area contributed by atoms with Gasteiger partial charge in [-0.25, -0.2) is 4.98 Å². The molecule has 2 heterocycles. The fraction of sp³-hybridized carbons (Fsp3) is 0.364. The number of nitriles is 1. The lowest BCUT2D eigenvalue weighted by Crippen LogP contribution is -2.24. The van der Waals surface area contributed by atoms with E-state index in [1.807, 2.05) is 0 Å². The van der Waals surface area contributed by atoms with E-state index in [-0.39, 0.29) is 11.0 Å². The van der Waals surface area contributed by atoms with Gasteiger partial charge < -0.3 is 14.6 Å². The minimum absolute atomic E-state index is 0.0943. The van der Waals surface area contributed by atoms with Gasteiger partial charge >= 0.3 is 12.1 Å². The number of amides is 1. The van der Waals surface area contributed by atoms with Crippen LogP contribution < -0.4 is 5.32 Å². The van der Waals surface area contributed by atoms with Gasteiger partial charge in [-0.1, -0.05) is 18.6 Å².